The maximum Gasteiger partial charge on any atom is 0.151 e. The molecule has 0 aliphatic carbocycles. The van der Waals surface area contributed by atoms with Crippen molar-refractivity contribution in [2.75, 3.05) is 48.3 Å². The van der Waals surface area contributed by atoms with Crippen molar-refractivity contribution in [3.63, 3.8) is 0 Å². The van der Waals surface area contributed by atoms with Crippen LogP contribution in [0.2, 0.25) is 0 Å². The van der Waals surface area contributed by atoms with Crippen LogP contribution in [0.25, 0.3) is 0 Å². The van der Waals surface area contributed by atoms with Crippen LogP contribution in [0.4, 0.5) is 11.5 Å². The minimum Gasteiger partial charge on any atom is -0.396 e. The van der Waals surface area contributed by atoms with E-state index in [1.54, 1.807) is 6.20 Å². The number of hydrogen-bond donors (Lipinski definition) is 1. The van der Waals surface area contributed by atoms with Gasteiger partial charge in [-0.05, 0) is 18.6 Å². The summed E-state index contributed by atoms with van der Waals surface area (Å²) in [6.07, 6.45) is 2.52. The summed E-state index contributed by atoms with van der Waals surface area (Å²) in [5.74, 6) is 1.50. The Morgan fingerprint density at radius 2 is 2.00 bits per heavy atom. The maximum absolute atomic E-state index is 11.6. The standard InChI is InChI=1S/C13H20N4O2S/c14-12-2-1-4-15-13(12)17-7-5-16(6-8-17)11-3-9-20(18,19)10-11/h1-2,4,11H,3,5-10,14H2. The van der Waals surface area contributed by atoms with E-state index in [0.29, 0.717) is 17.2 Å². The van der Waals surface area contributed by atoms with Gasteiger partial charge in [0.05, 0.1) is 17.2 Å². The predicted octanol–water partition coefficient (Wildman–Crippen LogP) is -0.0271. The molecule has 0 radical (unpaired) electrons. The minimum absolute atomic E-state index is 0.197. The van der Waals surface area contributed by atoms with E-state index in [1.807, 2.05) is 12.1 Å². The molecular weight excluding hydrogens is 276 g/mol. The second kappa shape index (κ2) is 5.21. The lowest BCUT2D eigenvalue weighted by molar-refractivity contribution is 0.200. The summed E-state index contributed by atoms with van der Waals surface area (Å²) in [6.45, 7) is 3.43. The van der Waals surface area contributed by atoms with Crippen molar-refractivity contribution in [1.29, 1.82) is 0 Å². The van der Waals surface area contributed by atoms with Crippen LogP contribution >= 0.6 is 0 Å². The molecule has 2 saturated heterocycles. The van der Waals surface area contributed by atoms with Gasteiger partial charge in [-0.2, -0.15) is 0 Å². The third-order valence-corrected chi connectivity index (χ3v) is 5.91. The van der Waals surface area contributed by atoms with E-state index >= 15 is 0 Å². The van der Waals surface area contributed by atoms with Gasteiger partial charge >= 0.3 is 0 Å². The Morgan fingerprint density at radius 1 is 1.25 bits per heavy atom. The first-order chi connectivity index (χ1) is 9.55. The topological polar surface area (TPSA) is 79.5 Å². The van der Waals surface area contributed by atoms with Gasteiger partial charge < -0.3 is 10.6 Å². The molecule has 3 rings (SSSR count). The summed E-state index contributed by atoms with van der Waals surface area (Å²) >= 11 is 0. The third kappa shape index (κ3) is 2.73. The lowest BCUT2D eigenvalue weighted by atomic mass is 10.2. The van der Waals surface area contributed by atoms with Gasteiger partial charge in [0.1, 0.15) is 0 Å². The molecule has 2 N–H and O–H groups in total. The zero-order chi connectivity index (χ0) is 14.2. The van der Waals surface area contributed by atoms with E-state index in [2.05, 4.69) is 14.8 Å². The molecule has 1 aromatic rings. The fourth-order valence-corrected chi connectivity index (χ4v) is 4.80. The molecule has 1 atom stereocenters. The van der Waals surface area contributed by atoms with Crippen molar-refractivity contribution in [1.82, 2.24) is 9.88 Å². The first-order valence-electron chi connectivity index (χ1n) is 6.95. The second-order valence-corrected chi connectivity index (χ2v) is 7.72. The van der Waals surface area contributed by atoms with E-state index < -0.39 is 9.84 Å². The number of hydrogen-bond acceptors (Lipinski definition) is 6. The fraction of sp³-hybridized carbons (Fsp3) is 0.615. The summed E-state index contributed by atoms with van der Waals surface area (Å²) in [6, 6.07) is 3.89. The highest BCUT2D eigenvalue weighted by Gasteiger charge is 2.33. The highest BCUT2D eigenvalue weighted by molar-refractivity contribution is 7.91. The lowest BCUT2D eigenvalue weighted by Crippen LogP contribution is -2.51. The van der Waals surface area contributed by atoms with Crippen molar-refractivity contribution in [2.24, 2.45) is 0 Å². The Labute approximate surface area is 119 Å². The summed E-state index contributed by atoms with van der Waals surface area (Å²) < 4.78 is 23.1. The van der Waals surface area contributed by atoms with E-state index in [1.165, 1.54) is 0 Å². The molecule has 20 heavy (non-hydrogen) atoms. The van der Waals surface area contributed by atoms with Crippen LogP contribution in [0.1, 0.15) is 6.42 Å². The average molecular weight is 296 g/mol. The average Bonchev–Trinajstić information content (AvgIpc) is 2.80. The molecule has 0 spiro atoms. The highest BCUT2D eigenvalue weighted by atomic mass is 32.2. The van der Waals surface area contributed by atoms with Crippen molar-refractivity contribution in [3.05, 3.63) is 18.3 Å². The monoisotopic (exact) mass is 296 g/mol. The van der Waals surface area contributed by atoms with Gasteiger partial charge in [-0.3, -0.25) is 4.90 Å². The molecule has 2 fully saturated rings. The number of piperazine rings is 1. The molecule has 3 heterocycles. The van der Waals surface area contributed by atoms with Gasteiger partial charge in [0, 0.05) is 38.4 Å². The van der Waals surface area contributed by atoms with Gasteiger partial charge in [-0.1, -0.05) is 0 Å². The third-order valence-electron chi connectivity index (χ3n) is 4.16. The van der Waals surface area contributed by atoms with Crippen LogP contribution in [0.5, 0.6) is 0 Å². The summed E-state index contributed by atoms with van der Waals surface area (Å²) in [5.41, 5.74) is 6.65. The van der Waals surface area contributed by atoms with E-state index in [0.717, 1.165) is 38.4 Å². The molecule has 6 nitrogen and oxygen atoms in total. The molecule has 2 aliphatic rings. The summed E-state index contributed by atoms with van der Waals surface area (Å²) in [5, 5.41) is 0. The SMILES string of the molecule is Nc1cccnc1N1CCN(C2CCS(=O)(=O)C2)CC1. The first kappa shape index (κ1) is 13.6. The number of anilines is 2. The molecule has 1 unspecified atom stereocenters. The highest BCUT2D eigenvalue weighted by Crippen LogP contribution is 2.23. The number of nitrogens with two attached hydrogens (primary N) is 1. The summed E-state index contributed by atoms with van der Waals surface area (Å²) in [7, 11) is -2.80. The molecular formula is C13H20N4O2S. The second-order valence-electron chi connectivity index (χ2n) is 5.50. The number of nitrogen functional groups attached to an aromatic ring is 1. The number of pyridine rings is 1. The van der Waals surface area contributed by atoms with Crippen molar-refractivity contribution in [3.8, 4) is 0 Å². The van der Waals surface area contributed by atoms with Gasteiger partial charge in [-0.25, -0.2) is 13.4 Å². The number of aromatic nitrogens is 1. The van der Waals surface area contributed by atoms with Crippen LogP contribution in [0, 0.1) is 0 Å². The van der Waals surface area contributed by atoms with Gasteiger partial charge in [-0.15, -0.1) is 0 Å². The fourth-order valence-electron chi connectivity index (χ4n) is 3.04. The van der Waals surface area contributed by atoms with Crippen molar-refractivity contribution in [2.45, 2.75) is 12.5 Å². The van der Waals surface area contributed by atoms with Gasteiger partial charge in [0.2, 0.25) is 0 Å². The zero-order valence-electron chi connectivity index (χ0n) is 11.4. The number of sulfone groups is 1. The van der Waals surface area contributed by atoms with Gasteiger partial charge in [0.15, 0.2) is 15.7 Å². The Kier molecular flexibility index (Phi) is 3.55. The van der Waals surface area contributed by atoms with E-state index in [9.17, 15) is 8.42 Å². The Morgan fingerprint density at radius 3 is 2.60 bits per heavy atom. The summed E-state index contributed by atoms with van der Waals surface area (Å²) in [4.78, 5) is 8.80. The molecule has 0 bridgehead atoms. The zero-order valence-corrected chi connectivity index (χ0v) is 12.2. The molecule has 1 aromatic heterocycles. The molecule has 7 heteroatoms. The molecule has 0 aromatic carbocycles. The molecule has 0 saturated carbocycles. The molecule has 110 valence electrons. The van der Waals surface area contributed by atoms with E-state index in [4.69, 9.17) is 5.73 Å². The first-order valence-corrected chi connectivity index (χ1v) is 8.77. The van der Waals surface area contributed by atoms with Crippen LogP contribution in [-0.4, -0.2) is 62.0 Å². The van der Waals surface area contributed by atoms with E-state index in [-0.39, 0.29) is 6.04 Å². The largest absolute Gasteiger partial charge is 0.396 e. The van der Waals surface area contributed by atoms with Gasteiger partial charge in [0.25, 0.3) is 0 Å². The Hall–Kier alpha value is -1.34. The Bertz CT molecular complexity index is 582. The van der Waals surface area contributed by atoms with Crippen molar-refractivity contribution >= 4 is 21.3 Å². The van der Waals surface area contributed by atoms with Crippen LogP contribution < -0.4 is 10.6 Å². The molecule has 0 amide bonds. The molecule has 2 aliphatic heterocycles. The number of nitrogens with zero attached hydrogens (tertiary/aromatic N) is 3. The normalized spacial score (nSPS) is 26.8. The maximum atomic E-state index is 11.6. The Balaban J connectivity index is 1.62. The quantitative estimate of drug-likeness (QED) is 0.826. The smallest absolute Gasteiger partial charge is 0.151 e. The predicted molar refractivity (Wildman–Crippen MR) is 79.5 cm³/mol. The number of rotatable bonds is 2. The lowest BCUT2D eigenvalue weighted by Gasteiger charge is -2.38. The minimum atomic E-state index is -2.80. The van der Waals surface area contributed by atoms with Crippen LogP contribution in [0.3, 0.4) is 0 Å². The van der Waals surface area contributed by atoms with Crippen LogP contribution in [-0.2, 0) is 9.84 Å². The van der Waals surface area contributed by atoms with Crippen LogP contribution in [0.15, 0.2) is 18.3 Å². The van der Waals surface area contributed by atoms with Crippen molar-refractivity contribution < 1.29 is 8.42 Å².